The van der Waals surface area contributed by atoms with E-state index in [1.165, 1.54) is 23.5 Å². The Labute approximate surface area is 135 Å². The van der Waals surface area contributed by atoms with E-state index >= 15 is 0 Å². The number of methoxy groups -OCH3 is 1. The smallest absolute Gasteiger partial charge is 0.293 e. The van der Waals surface area contributed by atoms with Crippen LogP contribution in [0.1, 0.15) is 19.3 Å². The molecule has 0 atom stereocenters. The summed E-state index contributed by atoms with van der Waals surface area (Å²) in [6.45, 7) is 1.72. The molecule has 0 unspecified atom stereocenters. The van der Waals surface area contributed by atoms with Gasteiger partial charge in [-0.3, -0.25) is 10.1 Å². The van der Waals surface area contributed by atoms with Crippen LogP contribution in [0.3, 0.4) is 0 Å². The van der Waals surface area contributed by atoms with Gasteiger partial charge in [0.15, 0.2) is 0 Å². The SMILES string of the molecule is COCCNc1ccc(S(=O)(=O)N2CCCCC2)cc1[N+](=O)[O-]. The van der Waals surface area contributed by atoms with Crippen molar-refractivity contribution in [3.05, 3.63) is 28.3 Å². The first kappa shape index (κ1) is 17.6. The van der Waals surface area contributed by atoms with E-state index in [1.807, 2.05) is 0 Å². The average Bonchev–Trinajstić information content (AvgIpc) is 2.56. The molecule has 0 aromatic heterocycles. The van der Waals surface area contributed by atoms with E-state index in [1.54, 1.807) is 0 Å². The fourth-order valence-electron chi connectivity index (χ4n) is 2.51. The second kappa shape index (κ2) is 7.71. The predicted molar refractivity (Wildman–Crippen MR) is 86.1 cm³/mol. The van der Waals surface area contributed by atoms with Crippen LogP contribution in [0.4, 0.5) is 11.4 Å². The molecule has 9 heteroatoms. The molecule has 0 spiro atoms. The number of nitro groups is 1. The van der Waals surface area contributed by atoms with Crippen molar-refractivity contribution >= 4 is 21.4 Å². The molecule has 0 aliphatic carbocycles. The summed E-state index contributed by atoms with van der Waals surface area (Å²) in [5, 5.41) is 14.1. The van der Waals surface area contributed by atoms with Crippen LogP contribution in [0, 0.1) is 10.1 Å². The number of rotatable bonds is 7. The molecule has 8 nitrogen and oxygen atoms in total. The van der Waals surface area contributed by atoms with Crippen LogP contribution in [-0.4, -0.2) is 51.0 Å². The molecule has 128 valence electrons. The van der Waals surface area contributed by atoms with E-state index in [2.05, 4.69) is 5.32 Å². The van der Waals surface area contributed by atoms with E-state index < -0.39 is 14.9 Å². The van der Waals surface area contributed by atoms with Gasteiger partial charge in [0.25, 0.3) is 5.69 Å². The molecule has 1 aliphatic rings. The zero-order valence-corrected chi connectivity index (χ0v) is 13.8. The standard InChI is InChI=1S/C14H21N3O5S/c1-22-10-7-15-13-6-5-12(11-14(13)17(18)19)23(20,21)16-8-3-2-4-9-16/h5-6,11,15H,2-4,7-10H2,1H3. The monoisotopic (exact) mass is 343 g/mol. The van der Waals surface area contributed by atoms with Gasteiger partial charge in [0, 0.05) is 32.8 Å². The Morgan fingerprint density at radius 2 is 2.00 bits per heavy atom. The minimum absolute atomic E-state index is 0.0385. The second-order valence-corrected chi connectivity index (χ2v) is 7.26. The molecule has 1 aromatic carbocycles. The maximum atomic E-state index is 12.6. The largest absolute Gasteiger partial charge is 0.383 e. The zero-order valence-electron chi connectivity index (χ0n) is 13.0. The molecule has 1 N–H and O–H groups in total. The van der Waals surface area contributed by atoms with Gasteiger partial charge in [-0.25, -0.2) is 8.42 Å². The number of ether oxygens (including phenoxy) is 1. The van der Waals surface area contributed by atoms with E-state index in [9.17, 15) is 18.5 Å². The van der Waals surface area contributed by atoms with Crippen LogP contribution in [0.25, 0.3) is 0 Å². The van der Waals surface area contributed by atoms with Gasteiger partial charge in [-0.05, 0) is 25.0 Å². The van der Waals surface area contributed by atoms with Crippen molar-refractivity contribution < 1.29 is 18.1 Å². The summed E-state index contributed by atoms with van der Waals surface area (Å²) >= 11 is 0. The molecule has 23 heavy (non-hydrogen) atoms. The second-order valence-electron chi connectivity index (χ2n) is 5.32. The summed E-state index contributed by atoms with van der Waals surface area (Å²) in [5.74, 6) is 0. The Bertz CT molecular complexity index is 656. The van der Waals surface area contributed by atoms with Crippen molar-refractivity contribution in [2.75, 3.05) is 38.7 Å². The third-order valence-electron chi connectivity index (χ3n) is 3.74. The molecular weight excluding hydrogens is 322 g/mol. The number of hydrogen-bond donors (Lipinski definition) is 1. The summed E-state index contributed by atoms with van der Waals surface area (Å²) in [7, 11) is -2.15. The highest BCUT2D eigenvalue weighted by Gasteiger charge is 2.28. The lowest BCUT2D eigenvalue weighted by molar-refractivity contribution is -0.384. The van der Waals surface area contributed by atoms with Crippen LogP contribution in [-0.2, 0) is 14.8 Å². The van der Waals surface area contributed by atoms with Crippen LogP contribution in [0.15, 0.2) is 23.1 Å². The van der Waals surface area contributed by atoms with E-state index in [0.29, 0.717) is 26.2 Å². The van der Waals surface area contributed by atoms with Gasteiger partial charge in [0.05, 0.1) is 16.4 Å². The van der Waals surface area contributed by atoms with Crippen molar-refractivity contribution in [2.45, 2.75) is 24.2 Å². The third-order valence-corrected chi connectivity index (χ3v) is 5.63. The minimum Gasteiger partial charge on any atom is -0.383 e. The summed E-state index contributed by atoms with van der Waals surface area (Å²) in [4.78, 5) is 10.6. The Morgan fingerprint density at radius 3 is 2.61 bits per heavy atom. The lowest BCUT2D eigenvalue weighted by Crippen LogP contribution is -2.35. The van der Waals surface area contributed by atoms with Gasteiger partial charge < -0.3 is 10.1 Å². The first-order chi connectivity index (χ1) is 11.0. The number of benzene rings is 1. The van der Waals surface area contributed by atoms with Gasteiger partial charge >= 0.3 is 0 Å². The molecule has 0 radical (unpaired) electrons. The normalized spacial score (nSPS) is 16.2. The van der Waals surface area contributed by atoms with Crippen molar-refractivity contribution in [1.29, 1.82) is 0 Å². The fourth-order valence-corrected chi connectivity index (χ4v) is 4.05. The topological polar surface area (TPSA) is 102 Å². The molecule has 2 rings (SSSR count). The number of piperidine rings is 1. The molecular formula is C14H21N3O5S. The Balaban J connectivity index is 2.29. The van der Waals surface area contributed by atoms with Crippen LogP contribution in [0.2, 0.25) is 0 Å². The van der Waals surface area contributed by atoms with Crippen molar-refractivity contribution in [3.63, 3.8) is 0 Å². The van der Waals surface area contributed by atoms with E-state index in [4.69, 9.17) is 4.74 Å². The fraction of sp³-hybridized carbons (Fsp3) is 0.571. The quantitative estimate of drug-likeness (QED) is 0.460. The van der Waals surface area contributed by atoms with Crippen molar-refractivity contribution in [1.82, 2.24) is 4.31 Å². The maximum absolute atomic E-state index is 12.6. The van der Waals surface area contributed by atoms with E-state index in [0.717, 1.165) is 25.3 Å². The first-order valence-corrected chi connectivity index (χ1v) is 8.92. The number of nitro benzene ring substituents is 1. The van der Waals surface area contributed by atoms with Crippen molar-refractivity contribution in [2.24, 2.45) is 0 Å². The molecule has 1 heterocycles. The molecule has 0 bridgehead atoms. The number of nitrogens with zero attached hydrogens (tertiary/aromatic N) is 2. The Morgan fingerprint density at radius 1 is 1.30 bits per heavy atom. The minimum atomic E-state index is -3.68. The zero-order chi connectivity index (χ0) is 16.9. The molecule has 1 aromatic rings. The Kier molecular flexibility index (Phi) is 5.91. The molecule has 0 saturated carbocycles. The van der Waals surface area contributed by atoms with Crippen LogP contribution in [0.5, 0.6) is 0 Å². The van der Waals surface area contributed by atoms with Crippen LogP contribution < -0.4 is 5.32 Å². The maximum Gasteiger partial charge on any atom is 0.293 e. The van der Waals surface area contributed by atoms with Gasteiger partial charge in [0.2, 0.25) is 10.0 Å². The molecule has 0 amide bonds. The Hall–Kier alpha value is -1.71. The summed E-state index contributed by atoms with van der Waals surface area (Å²) in [5.41, 5.74) is 0.0313. The third kappa shape index (κ3) is 4.18. The number of anilines is 1. The highest BCUT2D eigenvalue weighted by atomic mass is 32.2. The van der Waals surface area contributed by atoms with Crippen molar-refractivity contribution in [3.8, 4) is 0 Å². The summed E-state index contributed by atoms with van der Waals surface area (Å²) < 4.78 is 31.5. The molecule has 1 saturated heterocycles. The molecule has 1 fully saturated rings. The summed E-state index contributed by atoms with van der Waals surface area (Å²) in [6, 6.07) is 3.97. The lowest BCUT2D eigenvalue weighted by Gasteiger charge is -2.25. The number of nitrogens with one attached hydrogen (secondary N) is 1. The average molecular weight is 343 g/mol. The van der Waals surface area contributed by atoms with E-state index in [-0.39, 0.29) is 16.3 Å². The molecule has 1 aliphatic heterocycles. The highest BCUT2D eigenvalue weighted by molar-refractivity contribution is 7.89. The number of hydrogen-bond acceptors (Lipinski definition) is 6. The van der Waals surface area contributed by atoms with Gasteiger partial charge in [-0.2, -0.15) is 4.31 Å². The van der Waals surface area contributed by atoms with Gasteiger partial charge in [0.1, 0.15) is 5.69 Å². The first-order valence-electron chi connectivity index (χ1n) is 7.48. The number of sulfonamides is 1. The summed E-state index contributed by atoms with van der Waals surface area (Å²) in [6.07, 6.45) is 2.64. The predicted octanol–water partition coefficient (Wildman–Crippen LogP) is 1.83. The lowest BCUT2D eigenvalue weighted by atomic mass is 10.2. The highest BCUT2D eigenvalue weighted by Crippen LogP contribution is 2.29. The van der Waals surface area contributed by atoms with Gasteiger partial charge in [-0.15, -0.1) is 0 Å². The van der Waals surface area contributed by atoms with Crippen LogP contribution >= 0.6 is 0 Å². The van der Waals surface area contributed by atoms with Gasteiger partial charge in [-0.1, -0.05) is 6.42 Å².